The van der Waals surface area contributed by atoms with E-state index in [2.05, 4.69) is 17.1 Å². The van der Waals surface area contributed by atoms with E-state index in [9.17, 15) is 14.7 Å². The zero-order chi connectivity index (χ0) is 27.7. The molecule has 4 atom stereocenters. The predicted molar refractivity (Wildman–Crippen MR) is 150 cm³/mol. The van der Waals surface area contributed by atoms with Gasteiger partial charge >= 0.3 is 0 Å². The molecular formula is C30H43N3O5. The van der Waals surface area contributed by atoms with E-state index in [0.29, 0.717) is 35.7 Å². The lowest BCUT2D eigenvalue weighted by Crippen LogP contribution is -2.47. The molecule has 0 saturated carbocycles. The Morgan fingerprint density at radius 3 is 2.58 bits per heavy atom. The van der Waals surface area contributed by atoms with Crippen LogP contribution in [0.2, 0.25) is 0 Å². The molecule has 1 aliphatic heterocycles. The number of likely N-dealkylation sites (N-methyl/N-ethyl adjacent to an activating group) is 1. The fraction of sp³-hybridized carbons (Fsp3) is 0.533. The van der Waals surface area contributed by atoms with E-state index >= 15 is 0 Å². The highest BCUT2D eigenvalue weighted by Crippen LogP contribution is 2.28. The van der Waals surface area contributed by atoms with Gasteiger partial charge in [0, 0.05) is 36.9 Å². The lowest BCUT2D eigenvalue weighted by Gasteiger charge is -2.35. The number of hydrogen-bond acceptors (Lipinski definition) is 6. The number of amides is 2. The van der Waals surface area contributed by atoms with Crippen LogP contribution in [0.25, 0.3) is 0 Å². The van der Waals surface area contributed by atoms with Crippen LogP contribution in [0.4, 0.5) is 5.69 Å². The third-order valence-corrected chi connectivity index (χ3v) is 6.89. The van der Waals surface area contributed by atoms with Crippen molar-refractivity contribution in [2.75, 3.05) is 45.7 Å². The number of rotatable bonds is 6. The van der Waals surface area contributed by atoms with E-state index in [4.69, 9.17) is 9.47 Å². The fourth-order valence-electron chi connectivity index (χ4n) is 4.62. The van der Waals surface area contributed by atoms with Gasteiger partial charge in [0.05, 0.1) is 30.4 Å². The largest absolute Gasteiger partial charge is 0.490 e. The Balaban J connectivity index is 1.98. The van der Waals surface area contributed by atoms with Crippen LogP contribution in [-0.4, -0.2) is 85.4 Å². The van der Waals surface area contributed by atoms with Crippen molar-refractivity contribution in [2.45, 2.75) is 58.3 Å². The van der Waals surface area contributed by atoms with Gasteiger partial charge in [0.25, 0.3) is 11.8 Å². The summed E-state index contributed by atoms with van der Waals surface area (Å²) in [5.41, 5.74) is 1.39. The van der Waals surface area contributed by atoms with Gasteiger partial charge in [-0.3, -0.25) is 9.59 Å². The zero-order valence-corrected chi connectivity index (χ0v) is 23.4. The first-order chi connectivity index (χ1) is 18.2. The number of carbonyl (C=O) groups excluding carboxylic acids is 2. The van der Waals surface area contributed by atoms with Gasteiger partial charge in [-0.2, -0.15) is 0 Å². The number of carbonyl (C=O) groups is 2. The third kappa shape index (κ3) is 8.28. The van der Waals surface area contributed by atoms with Crippen LogP contribution < -0.4 is 10.1 Å². The summed E-state index contributed by atoms with van der Waals surface area (Å²) in [5.74, 6) is -0.00756. The summed E-state index contributed by atoms with van der Waals surface area (Å²) in [6.45, 7) is 7.54. The molecule has 0 unspecified atom stereocenters. The number of ether oxygens (including phenoxy) is 2. The van der Waals surface area contributed by atoms with Gasteiger partial charge in [-0.05, 0) is 77.5 Å². The van der Waals surface area contributed by atoms with Gasteiger partial charge in [0.15, 0.2) is 0 Å². The van der Waals surface area contributed by atoms with Gasteiger partial charge in [-0.1, -0.05) is 25.1 Å². The second kappa shape index (κ2) is 14.3. The quantitative estimate of drug-likeness (QED) is 0.585. The van der Waals surface area contributed by atoms with Crippen molar-refractivity contribution in [2.24, 2.45) is 5.92 Å². The molecule has 3 rings (SSSR count). The molecule has 0 aliphatic carbocycles. The van der Waals surface area contributed by atoms with E-state index < -0.39 is 6.04 Å². The molecule has 2 N–H and O–H groups in total. The molecule has 2 amide bonds. The Kier molecular flexibility index (Phi) is 11.1. The molecule has 8 heteroatoms. The molecule has 0 saturated heterocycles. The van der Waals surface area contributed by atoms with Crippen molar-refractivity contribution in [3.63, 3.8) is 0 Å². The number of benzene rings is 2. The fourth-order valence-corrected chi connectivity index (χ4v) is 4.62. The Bertz CT molecular complexity index is 1050. The van der Waals surface area contributed by atoms with Crippen molar-refractivity contribution in [1.29, 1.82) is 0 Å². The number of hydrogen-bond donors (Lipinski definition) is 2. The maximum absolute atomic E-state index is 14.1. The SMILES string of the molecule is C[C@@H]1CCCCO[C@H](CN(C)C)[C@@H](C)CN([C@H](C)CO)C(=O)c2cc(NC(=O)c3ccccc3)ccc2O1. The first-order valence-electron chi connectivity index (χ1n) is 13.5. The van der Waals surface area contributed by atoms with Crippen molar-refractivity contribution in [3.8, 4) is 5.75 Å². The number of anilines is 1. The van der Waals surface area contributed by atoms with E-state index in [-0.39, 0.29) is 36.5 Å². The van der Waals surface area contributed by atoms with Crippen LogP contribution >= 0.6 is 0 Å². The number of aliphatic hydroxyl groups is 1. The summed E-state index contributed by atoms with van der Waals surface area (Å²) in [7, 11) is 4.03. The minimum atomic E-state index is -0.411. The Labute approximate surface area is 226 Å². The molecule has 0 fully saturated rings. The van der Waals surface area contributed by atoms with Crippen LogP contribution in [0.1, 0.15) is 60.7 Å². The predicted octanol–water partition coefficient (Wildman–Crippen LogP) is 4.30. The maximum atomic E-state index is 14.1. The van der Waals surface area contributed by atoms with Crippen molar-refractivity contribution >= 4 is 17.5 Å². The van der Waals surface area contributed by atoms with E-state index in [0.717, 1.165) is 25.8 Å². The summed E-state index contributed by atoms with van der Waals surface area (Å²) < 4.78 is 12.5. The van der Waals surface area contributed by atoms with Crippen LogP contribution in [0.5, 0.6) is 5.75 Å². The van der Waals surface area contributed by atoms with Crippen molar-refractivity contribution < 1.29 is 24.2 Å². The minimum Gasteiger partial charge on any atom is -0.490 e. The highest BCUT2D eigenvalue weighted by Gasteiger charge is 2.30. The van der Waals surface area contributed by atoms with Crippen molar-refractivity contribution in [1.82, 2.24) is 9.80 Å². The topological polar surface area (TPSA) is 91.3 Å². The van der Waals surface area contributed by atoms with Gasteiger partial charge in [0.1, 0.15) is 5.75 Å². The molecule has 2 aromatic rings. The van der Waals surface area contributed by atoms with Crippen LogP contribution in [0.3, 0.4) is 0 Å². The molecule has 1 heterocycles. The molecule has 8 nitrogen and oxygen atoms in total. The second-order valence-corrected chi connectivity index (χ2v) is 10.6. The Hall–Kier alpha value is -2.94. The zero-order valence-electron chi connectivity index (χ0n) is 23.4. The lowest BCUT2D eigenvalue weighted by molar-refractivity contribution is -0.0137. The molecule has 38 heavy (non-hydrogen) atoms. The number of aliphatic hydroxyl groups excluding tert-OH is 1. The Morgan fingerprint density at radius 2 is 1.89 bits per heavy atom. The molecule has 0 aromatic heterocycles. The minimum absolute atomic E-state index is 0.0301. The first-order valence-corrected chi connectivity index (χ1v) is 13.5. The summed E-state index contributed by atoms with van der Waals surface area (Å²) in [5, 5.41) is 12.9. The number of nitrogens with zero attached hydrogens (tertiary/aromatic N) is 2. The molecule has 0 spiro atoms. The Morgan fingerprint density at radius 1 is 1.16 bits per heavy atom. The van der Waals surface area contributed by atoms with Crippen LogP contribution in [-0.2, 0) is 4.74 Å². The van der Waals surface area contributed by atoms with E-state index in [1.54, 1.807) is 47.4 Å². The third-order valence-electron chi connectivity index (χ3n) is 6.89. The van der Waals surface area contributed by atoms with E-state index in [1.807, 2.05) is 34.0 Å². The molecule has 0 radical (unpaired) electrons. The number of nitrogens with one attached hydrogen (secondary N) is 1. The highest BCUT2D eigenvalue weighted by atomic mass is 16.5. The lowest BCUT2D eigenvalue weighted by atomic mass is 10.0. The molecule has 0 bridgehead atoms. The summed E-state index contributed by atoms with van der Waals surface area (Å²) in [6.07, 6.45) is 2.55. The average molecular weight is 526 g/mol. The van der Waals surface area contributed by atoms with Gasteiger partial charge in [-0.25, -0.2) is 0 Å². The summed E-state index contributed by atoms with van der Waals surface area (Å²) in [6, 6.07) is 13.7. The highest BCUT2D eigenvalue weighted by molar-refractivity contribution is 6.05. The normalized spacial score (nSPS) is 22.2. The second-order valence-electron chi connectivity index (χ2n) is 10.6. The summed E-state index contributed by atoms with van der Waals surface area (Å²) >= 11 is 0. The molecule has 1 aliphatic rings. The van der Waals surface area contributed by atoms with Crippen LogP contribution in [0, 0.1) is 5.92 Å². The van der Waals surface area contributed by atoms with Crippen molar-refractivity contribution in [3.05, 3.63) is 59.7 Å². The van der Waals surface area contributed by atoms with Gasteiger partial charge in [-0.15, -0.1) is 0 Å². The van der Waals surface area contributed by atoms with Gasteiger partial charge in [0.2, 0.25) is 0 Å². The van der Waals surface area contributed by atoms with E-state index in [1.165, 1.54) is 0 Å². The summed E-state index contributed by atoms with van der Waals surface area (Å²) in [4.78, 5) is 30.6. The number of fused-ring (bicyclic) bond motifs is 1. The van der Waals surface area contributed by atoms with Crippen LogP contribution in [0.15, 0.2) is 48.5 Å². The monoisotopic (exact) mass is 525 g/mol. The smallest absolute Gasteiger partial charge is 0.258 e. The average Bonchev–Trinajstić information content (AvgIpc) is 2.90. The first kappa shape index (κ1) is 29.6. The molecule has 208 valence electrons. The van der Waals surface area contributed by atoms with Gasteiger partial charge < -0.3 is 29.7 Å². The maximum Gasteiger partial charge on any atom is 0.258 e. The molecular weight excluding hydrogens is 482 g/mol. The molecule has 2 aromatic carbocycles. The standard InChI is InChI=1S/C30H43N3O5/c1-21-18-33(22(2)20-34)30(36)26-17-25(31-29(35)24-12-7-6-8-13-24)14-15-27(26)38-23(3)11-9-10-16-37-28(21)19-32(4)5/h6-8,12-15,17,21-23,28,34H,9-11,16,18-20H2,1-5H3,(H,31,35)/t21-,22+,23+,28+/m0/s1.